The van der Waals surface area contributed by atoms with E-state index < -0.39 is 0 Å². The van der Waals surface area contributed by atoms with Crippen LogP contribution in [0.3, 0.4) is 0 Å². The largest absolute Gasteiger partial charge is 0.506 e. The first-order valence-corrected chi connectivity index (χ1v) is 5.60. The number of amides is 1. The Kier molecular flexibility index (Phi) is 3.39. The predicted octanol–water partition coefficient (Wildman–Crippen LogP) is 2.88. The molecule has 2 aromatic rings. The maximum atomic E-state index is 11.9. The molecule has 0 bridgehead atoms. The van der Waals surface area contributed by atoms with E-state index in [1.807, 2.05) is 0 Å². The summed E-state index contributed by atoms with van der Waals surface area (Å²) in [7, 11) is 0. The molecule has 0 saturated carbocycles. The highest BCUT2D eigenvalue weighted by Crippen LogP contribution is 2.24. The monoisotopic (exact) mass is 262 g/mol. The van der Waals surface area contributed by atoms with Gasteiger partial charge in [0.05, 0.1) is 16.4 Å². The molecule has 2 aromatic carbocycles. The van der Waals surface area contributed by atoms with Gasteiger partial charge in [0, 0.05) is 5.56 Å². The van der Waals surface area contributed by atoms with Crippen LogP contribution in [0.15, 0.2) is 42.5 Å². The summed E-state index contributed by atoms with van der Waals surface area (Å²) >= 11 is 5.93. The van der Waals surface area contributed by atoms with Crippen LogP contribution in [-0.2, 0) is 0 Å². The van der Waals surface area contributed by atoms with Gasteiger partial charge in [-0.15, -0.1) is 0 Å². The molecule has 0 unspecified atom stereocenters. The SMILES string of the molecule is Nc1ccc(C(=O)Nc2ccccc2Cl)cc1O. The Morgan fingerprint density at radius 1 is 1.22 bits per heavy atom. The van der Waals surface area contributed by atoms with Crippen LogP contribution < -0.4 is 11.1 Å². The second-order valence-corrected chi connectivity index (χ2v) is 4.11. The summed E-state index contributed by atoms with van der Waals surface area (Å²) in [5.41, 5.74) is 6.51. The number of halogens is 1. The van der Waals surface area contributed by atoms with E-state index in [2.05, 4.69) is 5.32 Å². The van der Waals surface area contributed by atoms with Crippen LogP contribution in [-0.4, -0.2) is 11.0 Å². The van der Waals surface area contributed by atoms with Crippen molar-refractivity contribution in [2.75, 3.05) is 11.1 Å². The summed E-state index contributed by atoms with van der Waals surface area (Å²) in [6, 6.07) is 11.2. The van der Waals surface area contributed by atoms with Crippen LogP contribution in [0.5, 0.6) is 5.75 Å². The van der Waals surface area contributed by atoms with Gasteiger partial charge < -0.3 is 16.2 Å². The summed E-state index contributed by atoms with van der Waals surface area (Å²) in [4.78, 5) is 11.9. The quantitative estimate of drug-likeness (QED) is 0.575. The fraction of sp³-hybridized carbons (Fsp3) is 0. The van der Waals surface area contributed by atoms with E-state index in [4.69, 9.17) is 17.3 Å². The predicted molar refractivity (Wildman–Crippen MR) is 71.9 cm³/mol. The number of nitrogens with one attached hydrogen (secondary N) is 1. The summed E-state index contributed by atoms with van der Waals surface area (Å²) in [5.74, 6) is -0.486. The van der Waals surface area contributed by atoms with Gasteiger partial charge in [0.25, 0.3) is 5.91 Å². The van der Waals surface area contributed by atoms with E-state index in [9.17, 15) is 9.90 Å². The number of carbonyl (C=O) groups is 1. The van der Waals surface area contributed by atoms with Gasteiger partial charge in [0.15, 0.2) is 0 Å². The smallest absolute Gasteiger partial charge is 0.255 e. The number of nitrogens with two attached hydrogens (primary N) is 1. The van der Waals surface area contributed by atoms with E-state index in [1.165, 1.54) is 18.2 Å². The van der Waals surface area contributed by atoms with E-state index in [0.29, 0.717) is 16.3 Å². The highest BCUT2D eigenvalue weighted by atomic mass is 35.5. The molecule has 4 N–H and O–H groups in total. The van der Waals surface area contributed by atoms with Crippen molar-refractivity contribution in [3.8, 4) is 5.75 Å². The van der Waals surface area contributed by atoms with Gasteiger partial charge in [0.2, 0.25) is 0 Å². The zero-order chi connectivity index (χ0) is 13.1. The molecule has 92 valence electrons. The number of rotatable bonds is 2. The molecule has 0 heterocycles. The number of phenols is 1. The van der Waals surface area contributed by atoms with Crippen molar-refractivity contribution in [1.29, 1.82) is 0 Å². The second-order valence-electron chi connectivity index (χ2n) is 3.71. The van der Waals surface area contributed by atoms with E-state index in [0.717, 1.165) is 0 Å². The normalized spacial score (nSPS) is 10.1. The molecule has 4 nitrogen and oxygen atoms in total. The Morgan fingerprint density at radius 3 is 2.61 bits per heavy atom. The van der Waals surface area contributed by atoms with Gasteiger partial charge in [-0.1, -0.05) is 23.7 Å². The van der Waals surface area contributed by atoms with E-state index in [-0.39, 0.29) is 17.3 Å². The summed E-state index contributed by atoms with van der Waals surface area (Å²) in [5, 5.41) is 12.5. The van der Waals surface area contributed by atoms with Gasteiger partial charge in [-0.3, -0.25) is 4.79 Å². The molecule has 0 spiro atoms. The van der Waals surface area contributed by atoms with Crippen molar-refractivity contribution in [3.63, 3.8) is 0 Å². The number of nitrogen functional groups attached to an aromatic ring is 1. The van der Waals surface area contributed by atoms with Gasteiger partial charge in [-0.25, -0.2) is 0 Å². The average molecular weight is 263 g/mol. The lowest BCUT2D eigenvalue weighted by atomic mass is 10.1. The van der Waals surface area contributed by atoms with Crippen molar-refractivity contribution in [3.05, 3.63) is 53.1 Å². The molecule has 5 heteroatoms. The molecular weight excluding hydrogens is 252 g/mol. The molecule has 0 atom stereocenters. The van der Waals surface area contributed by atoms with E-state index >= 15 is 0 Å². The minimum absolute atomic E-state index is 0.123. The van der Waals surface area contributed by atoms with Crippen LogP contribution in [0.2, 0.25) is 5.02 Å². The molecular formula is C13H11ClN2O2. The van der Waals surface area contributed by atoms with Crippen molar-refractivity contribution >= 4 is 28.9 Å². The van der Waals surface area contributed by atoms with Crippen molar-refractivity contribution in [2.45, 2.75) is 0 Å². The number of para-hydroxylation sites is 1. The fourth-order valence-electron chi connectivity index (χ4n) is 1.44. The maximum Gasteiger partial charge on any atom is 0.255 e. The Balaban J connectivity index is 2.22. The topological polar surface area (TPSA) is 75.4 Å². The molecule has 18 heavy (non-hydrogen) atoms. The third-order valence-corrected chi connectivity index (χ3v) is 2.74. The number of aromatic hydroxyl groups is 1. The average Bonchev–Trinajstić information content (AvgIpc) is 2.35. The standard InChI is InChI=1S/C13H11ClN2O2/c14-9-3-1-2-4-11(9)16-13(18)8-5-6-10(15)12(17)7-8/h1-7,17H,15H2,(H,16,18). The molecule has 0 aliphatic carbocycles. The number of carbonyl (C=O) groups excluding carboxylic acids is 1. The van der Waals surface area contributed by atoms with Gasteiger partial charge in [-0.2, -0.15) is 0 Å². The lowest BCUT2D eigenvalue weighted by Gasteiger charge is -2.07. The van der Waals surface area contributed by atoms with Crippen LogP contribution >= 0.6 is 11.6 Å². The van der Waals surface area contributed by atoms with Crippen LogP contribution in [0, 0.1) is 0 Å². The lowest BCUT2D eigenvalue weighted by Crippen LogP contribution is -2.12. The number of hydrogen-bond donors (Lipinski definition) is 3. The van der Waals surface area contributed by atoms with Crippen molar-refractivity contribution < 1.29 is 9.90 Å². The summed E-state index contributed by atoms with van der Waals surface area (Å²) < 4.78 is 0. The number of anilines is 2. The van der Waals surface area contributed by atoms with E-state index in [1.54, 1.807) is 24.3 Å². The second kappa shape index (κ2) is 4.98. The van der Waals surface area contributed by atoms with Gasteiger partial charge in [-0.05, 0) is 30.3 Å². The van der Waals surface area contributed by atoms with Crippen LogP contribution in [0.4, 0.5) is 11.4 Å². The third-order valence-electron chi connectivity index (χ3n) is 2.41. The Hall–Kier alpha value is -2.20. The number of benzene rings is 2. The summed E-state index contributed by atoms with van der Waals surface area (Å²) in [6.45, 7) is 0. The Labute approximate surface area is 109 Å². The molecule has 0 saturated heterocycles. The van der Waals surface area contributed by atoms with Gasteiger partial charge >= 0.3 is 0 Å². The first-order valence-electron chi connectivity index (χ1n) is 5.22. The molecule has 1 amide bonds. The molecule has 0 aliphatic heterocycles. The minimum atomic E-state index is -0.363. The molecule has 0 fully saturated rings. The first-order chi connectivity index (χ1) is 8.58. The van der Waals surface area contributed by atoms with Crippen molar-refractivity contribution in [2.24, 2.45) is 0 Å². The zero-order valence-electron chi connectivity index (χ0n) is 9.35. The minimum Gasteiger partial charge on any atom is -0.506 e. The number of phenolic OH excluding ortho intramolecular Hbond substituents is 1. The van der Waals surface area contributed by atoms with Crippen molar-refractivity contribution in [1.82, 2.24) is 0 Å². The van der Waals surface area contributed by atoms with Crippen LogP contribution in [0.25, 0.3) is 0 Å². The third kappa shape index (κ3) is 2.55. The molecule has 0 aromatic heterocycles. The lowest BCUT2D eigenvalue weighted by molar-refractivity contribution is 0.102. The highest BCUT2D eigenvalue weighted by Gasteiger charge is 2.09. The maximum absolute atomic E-state index is 11.9. The fourth-order valence-corrected chi connectivity index (χ4v) is 1.62. The Morgan fingerprint density at radius 2 is 1.94 bits per heavy atom. The molecule has 0 radical (unpaired) electrons. The summed E-state index contributed by atoms with van der Waals surface area (Å²) in [6.07, 6.45) is 0. The zero-order valence-corrected chi connectivity index (χ0v) is 10.1. The first kappa shape index (κ1) is 12.3. The molecule has 2 rings (SSSR count). The highest BCUT2D eigenvalue weighted by molar-refractivity contribution is 6.33. The van der Waals surface area contributed by atoms with Gasteiger partial charge in [0.1, 0.15) is 5.75 Å². The Bertz CT molecular complexity index is 599. The van der Waals surface area contributed by atoms with Crippen LogP contribution in [0.1, 0.15) is 10.4 Å². The molecule has 0 aliphatic rings. The number of hydrogen-bond acceptors (Lipinski definition) is 3.